The summed E-state index contributed by atoms with van der Waals surface area (Å²) in [6.07, 6.45) is 0. The molecule has 0 saturated carbocycles. The first-order valence-electron chi connectivity index (χ1n) is 7.17. The molecule has 1 heterocycles. The molecule has 0 radical (unpaired) electrons. The monoisotopic (exact) mass is 452 g/mol. The normalized spacial score (nSPS) is 12.8. The molecule has 2 rings (SSSR count). The third-order valence-corrected chi connectivity index (χ3v) is 7.15. The van der Waals surface area contributed by atoms with Crippen LogP contribution in [-0.4, -0.2) is 44.4 Å². The molecule has 0 aliphatic rings. The number of rotatable bonds is 7. The fourth-order valence-corrected chi connectivity index (χ4v) is 5.27. The van der Waals surface area contributed by atoms with Gasteiger partial charge in [0.1, 0.15) is 10.6 Å². The van der Waals surface area contributed by atoms with E-state index in [1.807, 2.05) is 4.83 Å². The van der Waals surface area contributed by atoms with Gasteiger partial charge in [-0.05, 0) is 32.0 Å². The molecular formula is C13H17BrN4O5S2. The Labute approximate surface area is 153 Å². The predicted molar refractivity (Wildman–Crippen MR) is 96.7 cm³/mol. The van der Waals surface area contributed by atoms with Crippen molar-refractivity contribution in [3.8, 4) is 0 Å². The summed E-state index contributed by atoms with van der Waals surface area (Å²) in [6, 6.07) is 4.75. The number of primary amides is 1. The van der Waals surface area contributed by atoms with Crippen molar-refractivity contribution < 1.29 is 21.6 Å². The summed E-state index contributed by atoms with van der Waals surface area (Å²) in [5.74, 6) is -1.28. The zero-order valence-corrected chi connectivity index (χ0v) is 16.6. The Bertz CT molecular complexity index is 1030. The SMILES string of the molecule is CCN(NS(=O)(=O)CC)S(=O)(=O)c1c(C(N)=O)[nH]c2ccc(Br)cc12. The first-order chi connectivity index (χ1) is 11.5. The molecule has 0 aliphatic carbocycles. The fourth-order valence-electron chi connectivity index (χ4n) is 2.19. The standard InChI is InChI=1S/C13H17BrN4O5S2/c1-3-18(17-24(20,21)4-2)25(22,23)12-9-7-8(14)5-6-10(9)16-11(12)13(15)19/h5-7,16-17H,3-4H2,1-2H3,(H2,15,19). The molecule has 0 aliphatic heterocycles. The summed E-state index contributed by atoms with van der Waals surface area (Å²) < 4.78 is 50.8. The summed E-state index contributed by atoms with van der Waals surface area (Å²) in [5.41, 5.74) is 5.37. The van der Waals surface area contributed by atoms with E-state index in [1.54, 1.807) is 12.1 Å². The summed E-state index contributed by atoms with van der Waals surface area (Å²) in [6.45, 7) is 2.66. The highest BCUT2D eigenvalue weighted by Gasteiger charge is 2.33. The molecule has 25 heavy (non-hydrogen) atoms. The van der Waals surface area contributed by atoms with Crippen LogP contribution in [0.1, 0.15) is 24.3 Å². The smallest absolute Gasteiger partial charge is 0.266 e. The van der Waals surface area contributed by atoms with Crippen molar-refractivity contribution >= 4 is 52.8 Å². The number of hydrogen-bond acceptors (Lipinski definition) is 5. The van der Waals surface area contributed by atoms with Crippen LogP contribution in [-0.2, 0) is 20.0 Å². The lowest BCUT2D eigenvalue weighted by Gasteiger charge is -2.21. The van der Waals surface area contributed by atoms with Gasteiger partial charge in [0.2, 0.25) is 10.0 Å². The van der Waals surface area contributed by atoms with Crippen LogP contribution in [0.2, 0.25) is 0 Å². The minimum absolute atomic E-state index is 0.180. The molecule has 12 heteroatoms. The van der Waals surface area contributed by atoms with Crippen molar-refractivity contribution in [3.63, 3.8) is 0 Å². The van der Waals surface area contributed by atoms with Crippen LogP contribution in [0.3, 0.4) is 0 Å². The van der Waals surface area contributed by atoms with E-state index in [4.69, 9.17) is 5.73 Å². The number of nitrogens with zero attached hydrogens (tertiary/aromatic N) is 1. The first-order valence-corrected chi connectivity index (χ1v) is 11.1. The second-order valence-electron chi connectivity index (χ2n) is 5.05. The third kappa shape index (κ3) is 3.87. The molecule has 1 aromatic carbocycles. The van der Waals surface area contributed by atoms with Crippen LogP contribution < -0.4 is 10.6 Å². The molecular weight excluding hydrogens is 436 g/mol. The Morgan fingerprint density at radius 1 is 1.28 bits per heavy atom. The summed E-state index contributed by atoms with van der Waals surface area (Å²) in [4.78, 5) is 16.0. The minimum atomic E-state index is -4.38. The number of hydrazine groups is 1. The molecule has 0 saturated heterocycles. The number of aromatic amines is 1. The van der Waals surface area contributed by atoms with Crippen LogP contribution in [0.5, 0.6) is 0 Å². The number of amides is 1. The summed E-state index contributed by atoms with van der Waals surface area (Å²) >= 11 is 3.24. The Morgan fingerprint density at radius 3 is 2.44 bits per heavy atom. The van der Waals surface area contributed by atoms with E-state index in [-0.39, 0.29) is 28.3 Å². The number of nitrogens with two attached hydrogens (primary N) is 1. The van der Waals surface area contributed by atoms with Gasteiger partial charge >= 0.3 is 0 Å². The van der Waals surface area contributed by atoms with E-state index in [2.05, 4.69) is 20.9 Å². The molecule has 138 valence electrons. The topological polar surface area (TPSA) is 142 Å². The van der Waals surface area contributed by atoms with Crippen LogP contribution in [0.4, 0.5) is 0 Å². The Kier molecular flexibility index (Phi) is 5.59. The van der Waals surface area contributed by atoms with Gasteiger partial charge in [0.05, 0.1) is 5.75 Å². The van der Waals surface area contributed by atoms with E-state index < -0.39 is 26.0 Å². The lowest BCUT2D eigenvalue weighted by molar-refractivity contribution is 0.0993. The number of hydrogen-bond donors (Lipinski definition) is 3. The van der Waals surface area contributed by atoms with Crippen molar-refractivity contribution in [1.82, 2.24) is 14.2 Å². The Morgan fingerprint density at radius 2 is 1.92 bits per heavy atom. The Balaban J connectivity index is 2.75. The molecule has 0 fully saturated rings. The number of halogens is 1. The number of nitrogens with one attached hydrogen (secondary N) is 2. The van der Waals surface area contributed by atoms with Gasteiger partial charge < -0.3 is 10.7 Å². The lowest BCUT2D eigenvalue weighted by Crippen LogP contribution is -2.46. The van der Waals surface area contributed by atoms with Gasteiger partial charge in [-0.25, -0.2) is 16.8 Å². The molecule has 2 aromatic rings. The average molecular weight is 453 g/mol. The average Bonchev–Trinajstić information content (AvgIpc) is 2.92. The lowest BCUT2D eigenvalue weighted by atomic mass is 10.2. The van der Waals surface area contributed by atoms with E-state index in [9.17, 15) is 21.6 Å². The van der Waals surface area contributed by atoms with E-state index in [0.29, 0.717) is 14.4 Å². The molecule has 1 amide bonds. The zero-order chi connectivity index (χ0) is 19.0. The number of H-pyrrole nitrogens is 1. The number of benzene rings is 1. The summed E-state index contributed by atoms with van der Waals surface area (Å²) in [7, 11) is -8.22. The fraction of sp³-hybridized carbons (Fsp3) is 0.308. The Hall–Kier alpha value is -1.47. The van der Waals surface area contributed by atoms with Crippen molar-refractivity contribution in [3.05, 3.63) is 28.4 Å². The number of fused-ring (bicyclic) bond motifs is 1. The maximum atomic E-state index is 13.0. The van der Waals surface area contributed by atoms with E-state index in [1.165, 1.54) is 19.9 Å². The highest BCUT2D eigenvalue weighted by atomic mass is 79.9. The molecule has 0 unspecified atom stereocenters. The van der Waals surface area contributed by atoms with Gasteiger partial charge in [0, 0.05) is 21.9 Å². The van der Waals surface area contributed by atoms with Crippen LogP contribution in [0.15, 0.2) is 27.6 Å². The predicted octanol–water partition coefficient (Wildman–Crippen LogP) is 0.894. The highest BCUT2D eigenvalue weighted by Crippen LogP contribution is 2.31. The molecule has 4 N–H and O–H groups in total. The number of carbonyl (C=O) groups excluding carboxylic acids is 1. The van der Waals surface area contributed by atoms with Crippen molar-refractivity contribution in [2.45, 2.75) is 18.7 Å². The molecule has 0 spiro atoms. The quantitative estimate of drug-likeness (QED) is 0.534. The van der Waals surface area contributed by atoms with Crippen LogP contribution in [0, 0.1) is 0 Å². The van der Waals surface area contributed by atoms with Crippen molar-refractivity contribution in [2.24, 2.45) is 5.73 Å². The zero-order valence-electron chi connectivity index (χ0n) is 13.4. The van der Waals surface area contributed by atoms with E-state index >= 15 is 0 Å². The largest absolute Gasteiger partial charge is 0.364 e. The molecule has 9 nitrogen and oxygen atoms in total. The van der Waals surface area contributed by atoms with Gasteiger partial charge in [0.25, 0.3) is 15.9 Å². The maximum absolute atomic E-state index is 13.0. The van der Waals surface area contributed by atoms with Gasteiger partial charge in [-0.1, -0.05) is 15.9 Å². The molecule has 0 bridgehead atoms. The van der Waals surface area contributed by atoms with Crippen molar-refractivity contribution in [2.75, 3.05) is 12.3 Å². The van der Waals surface area contributed by atoms with Crippen molar-refractivity contribution in [1.29, 1.82) is 0 Å². The number of aromatic nitrogens is 1. The summed E-state index contributed by atoms with van der Waals surface area (Å²) in [5, 5.41) is 0.220. The van der Waals surface area contributed by atoms with Gasteiger partial charge in [0.15, 0.2) is 0 Å². The van der Waals surface area contributed by atoms with E-state index in [0.717, 1.165) is 0 Å². The number of sulfonamides is 2. The second kappa shape index (κ2) is 7.03. The van der Waals surface area contributed by atoms with Gasteiger partial charge in [-0.3, -0.25) is 4.79 Å². The van der Waals surface area contributed by atoms with Crippen LogP contribution in [0.25, 0.3) is 10.9 Å². The van der Waals surface area contributed by atoms with Crippen LogP contribution >= 0.6 is 15.9 Å². The first kappa shape index (κ1) is 19.8. The van der Waals surface area contributed by atoms with Gasteiger partial charge in [-0.2, -0.15) is 0 Å². The highest BCUT2D eigenvalue weighted by molar-refractivity contribution is 9.10. The van der Waals surface area contributed by atoms with Gasteiger partial charge in [-0.15, -0.1) is 9.25 Å². The number of carbonyl (C=O) groups is 1. The minimum Gasteiger partial charge on any atom is -0.364 e. The maximum Gasteiger partial charge on any atom is 0.266 e. The molecule has 1 aromatic heterocycles. The third-order valence-electron chi connectivity index (χ3n) is 3.42. The second-order valence-corrected chi connectivity index (χ2v) is 9.75. The molecule has 0 atom stereocenters.